The van der Waals surface area contributed by atoms with Crippen LogP contribution in [0.5, 0.6) is 0 Å². The second-order valence-corrected chi connectivity index (χ2v) is 5.60. The van der Waals surface area contributed by atoms with E-state index in [2.05, 4.69) is 5.32 Å². The van der Waals surface area contributed by atoms with E-state index < -0.39 is 0 Å². The summed E-state index contributed by atoms with van der Waals surface area (Å²) in [5.41, 5.74) is 0.798. The van der Waals surface area contributed by atoms with Crippen molar-refractivity contribution in [3.63, 3.8) is 0 Å². The number of piperidine rings is 1. The Balaban J connectivity index is 1.65. The lowest BCUT2D eigenvalue weighted by atomic mass is 9.89. The van der Waals surface area contributed by atoms with E-state index in [9.17, 15) is 9.18 Å². The van der Waals surface area contributed by atoms with E-state index in [-0.39, 0.29) is 29.4 Å². The maximum atomic E-state index is 13.5. The summed E-state index contributed by atoms with van der Waals surface area (Å²) in [5.74, 6) is 0.145. The molecule has 1 heterocycles. The molecule has 96 valence electrons. The van der Waals surface area contributed by atoms with Crippen LogP contribution in [0.4, 0.5) is 4.39 Å². The van der Waals surface area contributed by atoms with Gasteiger partial charge in [-0.05, 0) is 49.4 Å². The van der Waals surface area contributed by atoms with Crippen molar-refractivity contribution in [1.82, 2.24) is 5.32 Å². The summed E-state index contributed by atoms with van der Waals surface area (Å²) in [6.45, 7) is 2.03. The SMILES string of the molecule is O=C(Cc1ccccc1F)C1CC12CCNCC2. The lowest BCUT2D eigenvalue weighted by molar-refractivity contribution is -0.120. The second-order valence-electron chi connectivity index (χ2n) is 5.60. The van der Waals surface area contributed by atoms with Crippen LogP contribution in [0, 0.1) is 17.2 Å². The highest BCUT2D eigenvalue weighted by Gasteiger charge is 2.56. The van der Waals surface area contributed by atoms with E-state index >= 15 is 0 Å². The fourth-order valence-electron chi connectivity index (χ4n) is 3.23. The predicted molar refractivity (Wildman–Crippen MR) is 67.8 cm³/mol. The minimum Gasteiger partial charge on any atom is -0.317 e. The predicted octanol–water partition coefficient (Wildman–Crippen LogP) is 2.33. The zero-order valence-electron chi connectivity index (χ0n) is 10.4. The summed E-state index contributed by atoms with van der Waals surface area (Å²) in [7, 11) is 0. The average Bonchev–Trinajstić information content (AvgIpc) is 3.07. The second kappa shape index (κ2) is 4.47. The molecule has 1 unspecified atom stereocenters. The minimum atomic E-state index is -0.258. The van der Waals surface area contributed by atoms with Gasteiger partial charge in [-0.2, -0.15) is 0 Å². The van der Waals surface area contributed by atoms with Crippen molar-refractivity contribution in [3.8, 4) is 0 Å². The Kier molecular flexibility index (Phi) is 2.94. The molecular weight excluding hydrogens is 229 g/mol. The number of carbonyl (C=O) groups is 1. The molecule has 0 aromatic heterocycles. The molecule has 3 heteroatoms. The summed E-state index contributed by atoms with van der Waals surface area (Å²) >= 11 is 0. The van der Waals surface area contributed by atoms with E-state index in [1.165, 1.54) is 6.07 Å². The zero-order chi connectivity index (χ0) is 12.6. The summed E-state index contributed by atoms with van der Waals surface area (Å²) in [6.07, 6.45) is 3.47. The lowest BCUT2D eigenvalue weighted by Gasteiger charge is -2.23. The highest BCUT2D eigenvalue weighted by Crippen LogP contribution is 2.59. The van der Waals surface area contributed by atoms with Crippen molar-refractivity contribution in [2.24, 2.45) is 11.3 Å². The number of carbonyl (C=O) groups excluding carboxylic acids is 1. The third-order valence-corrected chi connectivity index (χ3v) is 4.50. The van der Waals surface area contributed by atoms with Crippen molar-refractivity contribution in [2.45, 2.75) is 25.7 Å². The van der Waals surface area contributed by atoms with Crippen molar-refractivity contribution >= 4 is 5.78 Å². The first-order chi connectivity index (χ1) is 8.71. The third kappa shape index (κ3) is 2.07. The fraction of sp³-hybridized carbons (Fsp3) is 0.533. The normalized spacial score (nSPS) is 25.1. The monoisotopic (exact) mass is 247 g/mol. The molecule has 3 rings (SSSR count). The molecule has 0 amide bonds. The highest BCUT2D eigenvalue weighted by molar-refractivity contribution is 5.86. The maximum Gasteiger partial charge on any atom is 0.141 e. The molecule has 2 aliphatic rings. The smallest absolute Gasteiger partial charge is 0.141 e. The van der Waals surface area contributed by atoms with Gasteiger partial charge in [0, 0.05) is 12.3 Å². The Hall–Kier alpha value is -1.22. The van der Waals surface area contributed by atoms with Crippen LogP contribution >= 0.6 is 0 Å². The number of rotatable bonds is 3. The molecule has 1 saturated carbocycles. The fourth-order valence-corrected chi connectivity index (χ4v) is 3.23. The molecule has 1 saturated heterocycles. The van der Waals surface area contributed by atoms with Gasteiger partial charge in [-0.15, -0.1) is 0 Å². The van der Waals surface area contributed by atoms with Gasteiger partial charge in [0.1, 0.15) is 11.6 Å². The molecule has 2 fully saturated rings. The van der Waals surface area contributed by atoms with Gasteiger partial charge in [0.05, 0.1) is 0 Å². The largest absolute Gasteiger partial charge is 0.317 e. The molecule has 1 aliphatic carbocycles. The first-order valence-electron chi connectivity index (χ1n) is 6.68. The molecule has 0 bridgehead atoms. The van der Waals surface area contributed by atoms with Crippen molar-refractivity contribution in [2.75, 3.05) is 13.1 Å². The Morgan fingerprint density at radius 3 is 2.78 bits per heavy atom. The first kappa shape index (κ1) is 11.8. The van der Waals surface area contributed by atoms with Gasteiger partial charge in [-0.1, -0.05) is 18.2 Å². The summed E-state index contributed by atoms with van der Waals surface area (Å²) in [4.78, 5) is 12.2. The molecular formula is C15H18FNO. The van der Waals surface area contributed by atoms with Crippen LogP contribution in [-0.4, -0.2) is 18.9 Å². The van der Waals surface area contributed by atoms with Gasteiger partial charge in [0.15, 0.2) is 0 Å². The van der Waals surface area contributed by atoms with Gasteiger partial charge in [0.2, 0.25) is 0 Å². The van der Waals surface area contributed by atoms with Crippen molar-refractivity contribution in [3.05, 3.63) is 35.6 Å². The molecule has 1 aromatic rings. The minimum absolute atomic E-state index is 0.180. The van der Waals surface area contributed by atoms with Crippen molar-refractivity contribution in [1.29, 1.82) is 0 Å². The van der Waals surface area contributed by atoms with Crippen LogP contribution in [0.2, 0.25) is 0 Å². The molecule has 1 N–H and O–H groups in total. The van der Waals surface area contributed by atoms with E-state index in [0.717, 1.165) is 32.4 Å². The van der Waals surface area contributed by atoms with Crippen LogP contribution in [-0.2, 0) is 11.2 Å². The first-order valence-corrected chi connectivity index (χ1v) is 6.68. The number of hydrogen-bond acceptors (Lipinski definition) is 2. The van der Waals surface area contributed by atoms with Crippen LogP contribution in [0.1, 0.15) is 24.8 Å². The number of benzene rings is 1. The van der Waals surface area contributed by atoms with Gasteiger partial charge in [0.25, 0.3) is 0 Å². The van der Waals surface area contributed by atoms with Gasteiger partial charge < -0.3 is 5.32 Å². The molecule has 2 nitrogen and oxygen atoms in total. The van der Waals surface area contributed by atoms with E-state index in [1.807, 2.05) is 0 Å². The van der Waals surface area contributed by atoms with Gasteiger partial charge >= 0.3 is 0 Å². The summed E-state index contributed by atoms with van der Waals surface area (Å²) < 4.78 is 13.5. The Labute approximate surface area is 107 Å². The van der Waals surface area contributed by atoms with Crippen LogP contribution in [0.3, 0.4) is 0 Å². The highest BCUT2D eigenvalue weighted by atomic mass is 19.1. The standard InChI is InChI=1S/C15H18FNO/c16-13-4-2-1-3-11(13)9-14(18)12-10-15(12)5-7-17-8-6-15/h1-4,12,17H,5-10H2. The van der Waals surface area contributed by atoms with E-state index in [4.69, 9.17) is 0 Å². The molecule has 0 radical (unpaired) electrons. The Bertz CT molecular complexity index is 465. The topological polar surface area (TPSA) is 29.1 Å². The van der Waals surface area contributed by atoms with E-state index in [0.29, 0.717) is 5.56 Å². The average molecular weight is 247 g/mol. The van der Waals surface area contributed by atoms with E-state index in [1.54, 1.807) is 18.2 Å². The van der Waals surface area contributed by atoms with Gasteiger partial charge in [-0.25, -0.2) is 4.39 Å². The Morgan fingerprint density at radius 1 is 1.33 bits per heavy atom. The van der Waals surface area contributed by atoms with Crippen LogP contribution in [0.25, 0.3) is 0 Å². The zero-order valence-corrected chi connectivity index (χ0v) is 10.4. The number of hydrogen-bond donors (Lipinski definition) is 1. The summed E-state index contributed by atoms with van der Waals surface area (Å²) in [6, 6.07) is 6.59. The molecule has 1 aromatic carbocycles. The lowest BCUT2D eigenvalue weighted by Crippen LogP contribution is -2.31. The maximum absolute atomic E-state index is 13.5. The van der Waals surface area contributed by atoms with Crippen LogP contribution in [0.15, 0.2) is 24.3 Å². The molecule has 1 spiro atoms. The molecule has 18 heavy (non-hydrogen) atoms. The Morgan fingerprint density at radius 2 is 2.06 bits per heavy atom. The van der Waals surface area contributed by atoms with Crippen LogP contribution < -0.4 is 5.32 Å². The van der Waals surface area contributed by atoms with Gasteiger partial charge in [-0.3, -0.25) is 4.79 Å². The summed E-state index contributed by atoms with van der Waals surface area (Å²) in [5, 5.41) is 3.33. The molecule has 1 aliphatic heterocycles. The van der Waals surface area contributed by atoms with Crippen molar-refractivity contribution < 1.29 is 9.18 Å². The number of halogens is 1. The number of nitrogens with one attached hydrogen (secondary N) is 1. The number of ketones is 1. The quantitative estimate of drug-likeness (QED) is 0.888. The third-order valence-electron chi connectivity index (χ3n) is 4.50. The molecule has 1 atom stereocenters. The number of Topliss-reactive ketones (excluding diaryl/α,β-unsaturated/α-hetero) is 1.